The Morgan fingerprint density at radius 3 is 2.66 bits per heavy atom. The summed E-state index contributed by atoms with van der Waals surface area (Å²) in [5.41, 5.74) is 6.63. The first kappa shape index (κ1) is 18.9. The minimum absolute atomic E-state index is 0.0408. The standard InChI is InChI=1S/C22H21N5O2/c1-2-6-27-7-5-15-16(9-23)21(26)22(11-24,12-25)20(17(15)10-27)14-3-4-18-19(8-14)29-13-28-18/h3-5,8,17,20H,2,6-7,10,13,26H2,1H3/t17-,20+/m1/s1. The minimum atomic E-state index is -1.63. The third-order valence-corrected chi connectivity index (χ3v) is 6.04. The lowest BCUT2D eigenvalue weighted by atomic mass is 9.58. The Morgan fingerprint density at radius 1 is 1.21 bits per heavy atom. The zero-order valence-corrected chi connectivity index (χ0v) is 16.2. The van der Waals surface area contributed by atoms with Gasteiger partial charge in [0, 0.05) is 24.9 Å². The molecule has 0 radical (unpaired) electrons. The van der Waals surface area contributed by atoms with E-state index in [0.29, 0.717) is 18.0 Å². The summed E-state index contributed by atoms with van der Waals surface area (Å²) in [7, 11) is 0. The fourth-order valence-electron chi connectivity index (χ4n) is 4.72. The van der Waals surface area contributed by atoms with E-state index in [0.717, 1.165) is 30.6 Å². The molecular weight excluding hydrogens is 366 g/mol. The Kier molecular flexibility index (Phi) is 4.66. The van der Waals surface area contributed by atoms with E-state index < -0.39 is 11.3 Å². The van der Waals surface area contributed by atoms with E-state index in [-0.39, 0.29) is 24.0 Å². The maximum atomic E-state index is 10.1. The molecule has 0 saturated heterocycles. The molecule has 0 saturated carbocycles. The zero-order valence-electron chi connectivity index (χ0n) is 16.2. The van der Waals surface area contributed by atoms with Crippen LogP contribution >= 0.6 is 0 Å². The van der Waals surface area contributed by atoms with Crippen molar-refractivity contribution in [3.05, 3.63) is 46.7 Å². The van der Waals surface area contributed by atoms with Gasteiger partial charge in [-0.2, -0.15) is 15.8 Å². The van der Waals surface area contributed by atoms with E-state index in [1.54, 1.807) is 6.07 Å². The van der Waals surface area contributed by atoms with E-state index in [4.69, 9.17) is 15.2 Å². The van der Waals surface area contributed by atoms with E-state index >= 15 is 0 Å². The van der Waals surface area contributed by atoms with E-state index in [1.165, 1.54) is 0 Å². The van der Waals surface area contributed by atoms with Crippen LogP contribution in [-0.4, -0.2) is 31.3 Å². The summed E-state index contributed by atoms with van der Waals surface area (Å²) in [6.07, 6.45) is 3.02. The lowest BCUT2D eigenvalue weighted by molar-refractivity contribution is 0.173. The van der Waals surface area contributed by atoms with Gasteiger partial charge in [0.05, 0.1) is 23.4 Å². The molecule has 2 aliphatic heterocycles. The highest BCUT2D eigenvalue weighted by molar-refractivity contribution is 5.60. The van der Waals surface area contributed by atoms with Crippen LogP contribution in [0.2, 0.25) is 0 Å². The minimum Gasteiger partial charge on any atom is -0.454 e. The van der Waals surface area contributed by atoms with Gasteiger partial charge in [-0.1, -0.05) is 19.1 Å². The smallest absolute Gasteiger partial charge is 0.231 e. The van der Waals surface area contributed by atoms with Crippen LogP contribution in [0, 0.1) is 45.3 Å². The first-order valence-corrected chi connectivity index (χ1v) is 9.64. The molecule has 0 spiro atoms. The first-order valence-electron chi connectivity index (χ1n) is 9.64. The summed E-state index contributed by atoms with van der Waals surface area (Å²) in [5, 5.41) is 30.0. The van der Waals surface area contributed by atoms with Gasteiger partial charge in [-0.15, -0.1) is 0 Å². The molecule has 0 aromatic heterocycles. The van der Waals surface area contributed by atoms with Crippen LogP contribution in [0.25, 0.3) is 0 Å². The fraction of sp³-hybridized carbons (Fsp3) is 0.409. The maximum absolute atomic E-state index is 10.1. The van der Waals surface area contributed by atoms with Crippen molar-refractivity contribution in [1.29, 1.82) is 15.8 Å². The summed E-state index contributed by atoms with van der Waals surface area (Å²) >= 11 is 0. The predicted octanol–water partition coefficient (Wildman–Crippen LogP) is 2.55. The van der Waals surface area contributed by atoms with E-state index in [2.05, 4.69) is 30.0 Å². The topological polar surface area (TPSA) is 119 Å². The van der Waals surface area contributed by atoms with Crippen molar-refractivity contribution in [3.8, 4) is 29.7 Å². The lowest BCUT2D eigenvalue weighted by Crippen LogP contribution is -2.48. The second-order valence-corrected chi connectivity index (χ2v) is 7.55. The largest absolute Gasteiger partial charge is 0.454 e. The highest BCUT2D eigenvalue weighted by atomic mass is 16.7. The molecular formula is C22H21N5O2. The summed E-state index contributed by atoms with van der Waals surface area (Å²) in [6, 6.07) is 12.0. The Morgan fingerprint density at radius 2 is 1.97 bits per heavy atom. The molecule has 4 rings (SSSR count). The number of ether oxygens (including phenoxy) is 2. The van der Waals surface area contributed by atoms with Crippen LogP contribution in [-0.2, 0) is 0 Å². The zero-order chi connectivity index (χ0) is 20.6. The number of hydrogen-bond donors (Lipinski definition) is 1. The quantitative estimate of drug-likeness (QED) is 0.846. The van der Waals surface area contributed by atoms with Crippen molar-refractivity contribution >= 4 is 0 Å². The molecule has 29 heavy (non-hydrogen) atoms. The van der Waals surface area contributed by atoms with Crippen molar-refractivity contribution in [2.75, 3.05) is 26.4 Å². The van der Waals surface area contributed by atoms with Gasteiger partial charge in [-0.3, -0.25) is 4.90 Å². The normalized spacial score (nSPS) is 24.7. The second-order valence-electron chi connectivity index (χ2n) is 7.55. The molecule has 146 valence electrons. The Bertz CT molecular complexity index is 1020. The number of nitriles is 3. The maximum Gasteiger partial charge on any atom is 0.231 e. The third-order valence-electron chi connectivity index (χ3n) is 6.04. The molecule has 0 bridgehead atoms. The number of rotatable bonds is 3. The molecule has 0 unspecified atom stereocenters. The second kappa shape index (κ2) is 7.17. The average Bonchev–Trinajstić information content (AvgIpc) is 3.21. The molecule has 2 heterocycles. The molecule has 0 amide bonds. The molecule has 7 heteroatoms. The number of nitrogens with two attached hydrogens (primary N) is 1. The van der Waals surface area contributed by atoms with Crippen LogP contribution in [0.3, 0.4) is 0 Å². The third kappa shape index (κ3) is 2.73. The van der Waals surface area contributed by atoms with Crippen molar-refractivity contribution in [2.45, 2.75) is 19.3 Å². The van der Waals surface area contributed by atoms with Gasteiger partial charge in [-0.05, 0) is 36.2 Å². The predicted molar refractivity (Wildman–Crippen MR) is 104 cm³/mol. The summed E-state index contributed by atoms with van der Waals surface area (Å²) < 4.78 is 10.9. The molecule has 0 fully saturated rings. The van der Waals surface area contributed by atoms with Crippen LogP contribution in [0.4, 0.5) is 0 Å². The van der Waals surface area contributed by atoms with Crippen LogP contribution in [0.1, 0.15) is 24.8 Å². The van der Waals surface area contributed by atoms with Gasteiger partial charge < -0.3 is 15.2 Å². The molecule has 1 aromatic carbocycles. The fourth-order valence-corrected chi connectivity index (χ4v) is 4.72. The van der Waals surface area contributed by atoms with Gasteiger partial charge in [-0.25, -0.2) is 0 Å². The Hall–Kier alpha value is -3.47. The van der Waals surface area contributed by atoms with E-state index in [9.17, 15) is 15.8 Å². The number of benzene rings is 1. The molecule has 1 aliphatic carbocycles. The Labute approximate surface area is 169 Å². The van der Waals surface area contributed by atoms with Crippen molar-refractivity contribution in [3.63, 3.8) is 0 Å². The summed E-state index contributed by atoms with van der Waals surface area (Å²) in [6.45, 7) is 4.54. The van der Waals surface area contributed by atoms with Crippen molar-refractivity contribution in [1.82, 2.24) is 4.90 Å². The molecule has 2 N–H and O–H groups in total. The van der Waals surface area contributed by atoms with Gasteiger partial charge in [0.1, 0.15) is 6.07 Å². The van der Waals surface area contributed by atoms with E-state index in [1.807, 2.05) is 18.2 Å². The van der Waals surface area contributed by atoms with Gasteiger partial charge in [0.2, 0.25) is 6.79 Å². The number of allylic oxidation sites excluding steroid dienone is 2. The number of fused-ring (bicyclic) bond motifs is 2. The highest BCUT2D eigenvalue weighted by Crippen LogP contribution is 2.55. The molecule has 7 nitrogen and oxygen atoms in total. The van der Waals surface area contributed by atoms with Gasteiger partial charge in [0.15, 0.2) is 16.9 Å². The van der Waals surface area contributed by atoms with Crippen LogP contribution in [0.15, 0.2) is 41.1 Å². The van der Waals surface area contributed by atoms with Crippen LogP contribution < -0.4 is 15.2 Å². The highest BCUT2D eigenvalue weighted by Gasteiger charge is 2.54. The number of hydrogen-bond acceptors (Lipinski definition) is 7. The van der Waals surface area contributed by atoms with Gasteiger partial charge >= 0.3 is 0 Å². The van der Waals surface area contributed by atoms with Gasteiger partial charge in [0.25, 0.3) is 0 Å². The SMILES string of the molecule is CCCN1CC=C2C(C#N)=C(N)C(C#N)(C#N)[C@@H](c3ccc4c(c3)OCO4)[C@@H]2C1. The summed E-state index contributed by atoms with van der Waals surface area (Å²) in [5.74, 6) is 0.511. The Balaban J connectivity index is 1.93. The summed E-state index contributed by atoms with van der Waals surface area (Å²) in [4.78, 5) is 2.28. The van der Waals surface area contributed by atoms with Crippen molar-refractivity contribution < 1.29 is 9.47 Å². The first-order chi connectivity index (χ1) is 14.1. The number of nitrogens with zero attached hydrogens (tertiary/aromatic N) is 4. The lowest BCUT2D eigenvalue weighted by Gasteiger charge is -2.45. The average molecular weight is 387 g/mol. The molecule has 2 atom stereocenters. The van der Waals surface area contributed by atoms with Crippen molar-refractivity contribution in [2.24, 2.45) is 17.1 Å². The monoisotopic (exact) mass is 387 g/mol. The molecule has 1 aromatic rings. The van der Waals surface area contributed by atoms with Crippen LogP contribution in [0.5, 0.6) is 11.5 Å². The molecule has 3 aliphatic rings.